The lowest BCUT2D eigenvalue weighted by atomic mass is 10.1. The van der Waals surface area contributed by atoms with Gasteiger partial charge in [-0.2, -0.15) is 0 Å². The Kier molecular flexibility index (Phi) is 8.43. The fraction of sp³-hybridized carbons (Fsp3) is 0.500. The van der Waals surface area contributed by atoms with Gasteiger partial charge in [-0.05, 0) is 50.0 Å². The fourth-order valence-electron chi connectivity index (χ4n) is 5.88. The number of anilines is 1. The predicted octanol–water partition coefficient (Wildman–Crippen LogP) is 6.03. The fourth-order valence-corrected chi connectivity index (χ4v) is 11.3. The maximum atomic E-state index is 12.3. The van der Waals surface area contributed by atoms with Crippen molar-refractivity contribution in [3.05, 3.63) is 71.7 Å². The van der Waals surface area contributed by atoms with Crippen LogP contribution in [0.5, 0.6) is 0 Å². The van der Waals surface area contributed by atoms with Crippen LogP contribution < -0.4 is 15.7 Å². The van der Waals surface area contributed by atoms with E-state index in [4.69, 9.17) is 23.4 Å². The van der Waals surface area contributed by atoms with Crippen molar-refractivity contribution in [2.45, 2.75) is 96.2 Å². The van der Waals surface area contributed by atoms with Crippen molar-refractivity contribution < 1.29 is 28.2 Å². The van der Waals surface area contributed by atoms with Gasteiger partial charge in [0, 0.05) is 6.20 Å². The Hall–Kier alpha value is -2.60. The number of nitrogens with one attached hydrogen (secondary N) is 1. The average Bonchev–Trinajstić information content (AvgIpc) is 3.57. The summed E-state index contributed by atoms with van der Waals surface area (Å²) in [6, 6.07) is 21.1. The molecular formula is C32H42N2O6SSi. The molecule has 3 heterocycles. The zero-order valence-corrected chi connectivity index (χ0v) is 27.5. The van der Waals surface area contributed by atoms with Gasteiger partial charge < -0.3 is 23.4 Å². The first kappa shape index (κ1) is 30.8. The second-order valence-corrected chi connectivity index (χ2v) is 18.7. The highest BCUT2D eigenvalue weighted by Crippen LogP contribution is 2.47. The Labute approximate surface area is 253 Å². The Bertz CT molecular complexity index is 1330. The summed E-state index contributed by atoms with van der Waals surface area (Å²) in [6.07, 6.45) is -0.287. The van der Waals surface area contributed by atoms with Gasteiger partial charge in [-0.3, -0.25) is 5.32 Å². The van der Waals surface area contributed by atoms with Crippen molar-refractivity contribution in [2.24, 2.45) is 0 Å². The maximum absolute atomic E-state index is 12.3. The molecule has 3 aromatic rings. The minimum absolute atomic E-state index is 0.167. The number of carbonyl (C=O) groups is 1. The minimum atomic E-state index is -2.78. The highest BCUT2D eigenvalue weighted by molar-refractivity contribution is 7.15. The summed E-state index contributed by atoms with van der Waals surface area (Å²) < 4.78 is 32.0. The molecule has 226 valence electrons. The van der Waals surface area contributed by atoms with Crippen molar-refractivity contribution in [1.29, 1.82) is 0 Å². The molecule has 1 aromatic heterocycles. The summed E-state index contributed by atoms with van der Waals surface area (Å²) >= 11 is 1.34. The average molecular weight is 611 g/mol. The number of nitrogens with zero attached hydrogens (tertiary/aromatic N) is 1. The molecule has 0 saturated carbocycles. The third-order valence-corrected chi connectivity index (χ3v) is 13.4. The topological polar surface area (TPSA) is 88.1 Å². The first-order valence-electron chi connectivity index (χ1n) is 14.4. The molecule has 0 spiro atoms. The van der Waals surface area contributed by atoms with E-state index in [2.05, 4.69) is 79.6 Å². The second kappa shape index (κ2) is 11.5. The minimum Gasteiger partial charge on any atom is -0.444 e. The number of carbonyl (C=O) groups excluding carboxylic acids is 1. The zero-order chi connectivity index (χ0) is 30.3. The van der Waals surface area contributed by atoms with Crippen molar-refractivity contribution in [1.82, 2.24) is 4.98 Å². The van der Waals surface area contributed by atoms with Crippen LogP contribution in [0.1, 0.15) is 66.4 Å². The van der Waals surface area contributed by atoms with Crippen LogP contribution in [0.15, 0.2) is 66.9 Å². The van der Waals surface area contributed by atoms with E-state index >= 15 is 0 Å². The molecule has 8 nitrogen and oxygen atoms in total. The van der Waals surface area contributed by atoms with E-state index in [0.29, 0.717) is 11.7 Å². The molecule has 2 saturated heterocycles. The van der Waals surface area contributed by atoms with Gasteiger partial charge in [0.2, 0.25) is 0 Å². The van der Waals surface area contributed by atoms with Crippen LogP contribution in [-0.2, 0) is 23.4 Å². The molecule has 0 unspecified atom stereocenters. The number of fused-ring (bicyclic) bond motifs is 1. The third-order valence-electron chi connectivity index (χ3n) is 7.44. The van der Waals surface area contributed by atoms with E-state index < -0.39 is 31.9 Å². The number of aromatic nitrogens is 1. The number of ether oxygens (including phenoxy) is 4. The lowest BCUT2D eigenvalue weighted by molar-refractivity contribution is -0.190. The van der Waals surface area contributed by atoms with Crippen LogP contribution in [0.25, 0.3) is 0 Å². The van der Waals surface area contributed by atoms with Crippen LogP contribution in [0.4, 0.5) is 9.93 Å². The molecule has 0 bridgehead atoms. The maximum Gasteiger partial charge on any atom is 0.413 e. The van der Waals surface area contributed by atoms with Crippen LogP contribution in [0.3, 0.4) is 0 Å². The first-order chi connectivity index (χ1) is 19.7. The molecule has 2 aromatic carbocycles. The molecule has 0 aliphatic carbocycles. The van der Waals surface area contributed by atoms with Crippen molar-refractivity contribution >= 4 is 41.3 Å². The molecule has 4 atom stereocenters. The van der Waals surface area contributed by atoms with Gasteiger partial charge in [0.15, 0.2) is 10.9 Å². The third kappa shape index (κ3) is 6.34. The smallest absolute Gasteiger partial charge is 0.413 e. The molecule has 2 aliphatic rings. The summed E-state index contributed by atoms with van der Waals surface area (Å²) in [7, 11) is -2.78. The molecule has 5 rings (SSSR count). The van der Waals surface area contributed by atoms with Crippen LogP contribution in [-0.4, -0.2) is 55.7 Å². The van der Waals surface area contributed by atoms with Crippen LogP contribution in [0.2, 0.25) is 5.04 Å². The largest absolute Gasteiger partial charge is 0.444 e. The van der Waals surface area contributed by atoms with Gasteiger partial charge >= 0.3 is 6.09 Å². The Morgan fingerprint density at radius 3 is 2.07 bits per heavy atom. The normalized spacial score (nSPS) is 23.9. The first-order valence-corrected chi connectivity index (χ1v) is 17.1. The molecule has 0 radical (unpaired) electrons. The molecular weight excluding hydrogens is 569 g/mol. The quantitative estimate of drug-likeness (QED) is 0.327. The molecule has 1 amide bonds. The van der Waals surface area contributed by atoms with E-state index in [1.54, 1.807) is 6.20 Å². The molecule has 2 fully saturated rings. The van der Waals surface area contributed by atoms with Gasteiger partial charge in [-0.25, -0.2) is 9.78 Å². The van der Waals surface area contributed by atoms with Crippen LogP contribution in [0, 0.1) is 0 Å². The van der Waals surface area contributed by atoms with Gasteiger partial charge in [-0.15, -0.1) is 0 Å². The summed E-state index contributed by atoms with van der Waals surface area (Å²) in [5.74, 6) is -0.769. The molecule has 42 heavy (non-hydrogen) atoms. The highest BCUT2D eigenvalue weighted by Gasteiger charge is 2.57. The van der Waals surface area contributed by atoms with Crippen molar-refractivity contribution in [3.8, 4) is 0 Å². The van der Waals surface area contributed by atoms with Crippen molar-refractivity contribution in [2.75, 3.05) is 11.9 Å². The lowest BCUT2D eigenvalue weighted by Gasteiger charge is -2.43. The summed E-state index contributed by atoms with van der Waals surface area (Å²) in [6.45, 7) is 16.4. The number of benzene rings is 2. The number of hydrogen-bond donors (Lipinski definition) is 1. The molecule has 1 N–H and O–H groups in total. The number of amides is 1. The summed E-state index contributed by atoms with van der Waals surface area (Å²) in [4.78, 5) is 17.6. The van der Waals surface area contributed by atoms with Gasteiger partial charge in [-0.1, -0.05) is 92.8 Å². The lowest BCUT2D eigenvalue weighted by Crippen LogP contribution is -2.67. The number of thiazole rings is 1. The van der Waals surface area contributed by atoms with E-state index in [-0.39, 0.29) is 23.4 Å². The molecule has 10 heteroatoms. The van der Waals surface area contributed by atoms with Crippen LogP contribution >= 0.6 is 11.3 Å². The predicted molar refractivity (Wildman–Crippen MR) is 167 cm³/mol. The summed E-state index contributed by atoms with van der Waals surface area (Å²) in [5.41, 5.74) is -0.606. The summed E-state index contributed by atoms with van der Waals surface area (Å²) in [5, 5.41) is 5.41. The number of rotatable bonds is 7. The monoisotopic (exact) mass is 610 g/mol. The van der Waals surface area contributed by atoms with E-state index in [1.807, 2.05) is 46.8 Å². The number of hydrogen-bond acceptors (Lipinski definition) is 8. The van der Waals surface area contributed by atoms with Gasteiger partial charge in [0.05, 0.1) is 11.5 Å². The zero-order valence-electron chi connectivity index (χ0n) is 25.7. The second-order valence-electron chi connectivity index (χ2n) is 13.3. The van der Waals surface area contributed by atoms with Crippen molar-refractivity contribution in [3.63, 3.8) is 0 Å². The van der Waals surface area contributed by atoms with Gasteiger partial charge in [0.25, 0.3) is 8.32 Å². The molecule has 2 aliphatic heterocycles. The van der Waals surface area contributed by atoms with E-state index in [1.165, 1.54) is 21.7 Å². The van der Waals surface area contributed by atoms with Gasteiger partial charge in [0.1, 0.15) is 30.0 Å². The van der Waals surface area contributed by atoms with E-state index in [9.17, 15) is 4.79 Å². The Balaban J connectivity index is 1.42. The Morgan fingerprint density at radius 2 is 1.52 bits per heavy atom. The Morgan fingerprint density at radius 1 is 0.952 bits per heavy atom. The standard InChI is InChI=1S/C32H42N2O6SSi/c1-30(2,3)40-29(35)34-28-33-19-24(41-28)26-27-25(38-32(7,8)39-27)23(37-26)20-36-42(31(4,5)6,21-15-11-9-12-16-21)22-17-13-10-14-18-22/h9-19,23,25-27H,20H2,1-8H3,(H,33,34,35)/t23-,25-,26-,27-/m1/s1. The van der Waals surface area contributed by atoms with E-state index in [0.717, 1.165) is 4.88 Å². The SMILES string of the molecule is CC(C)(C)OC(=O)Nc1ncc([C@H]2O[C@H](CO[Si](c3ccccc3)(c3ccccc3)C(C)(C)C)[C@H]3OC(C)(C)O[C@H]32)s1. The highest BCUT2D eigenvalue weighted by atomic mass is 32.1.